The Morgan fingerprint density at radius 2 is 2.08 bits per heavy atom. The van der Waals surface area contributed by atoms with Crippen LogP contribution >= 0.6 is 0 Å². The molecular formula is C25H33F3N4O4. The number of piperazine rings is 1. The second kappa shape index (κ2) is 9.11. The van der Waals surface area contributed by atoms with E-state index in [2.05, 4.69) is 10.3 Å². The van der Waals surface area contributed by atoms with E-state index >= 15 is 0 Å². The average molecular weight is 511 g/mol. The Bertz CT molecular complexity index is 996. The van der Waals surface area contributed by atoms with Crippen molar-refractivity contribution in [2.75, 3.05) is 44.9 Å². The number of halogens is 3. The summed E-state index contributed by atoms with van der Waals surface area (Å²) in [6.45, 7) is 2.87. The van der Waals surface area contributed by atoms with Crippen LogP contribution in [0.4, 0.5) is 19.0 Å². The number of anilines is 1. The molecule has 5 fully saturated rings. The third kappa shape index (κ3) is 4.08. The van der Waals surface area contributed by atoms with Crippen LogP contribution < -0.4 is 10.2 Å². The number of amides is 1. The van der Waals surface area contributed by atoms with Gasteiger partial charge in [0.1, 0.15) is 11.5 Å². The summed E-state index contributed by atoms with van der Waals surface area (Å²) < 4.78 is 56.7. The van der Waals surface area contributed by atoms with Crippen molar-refractivity contribution in [3.8, 4) is 0 Å². The van der Waals surface area contributed by atoms with Crippen molar-refractivity contribution in [1.29, 1.82) is 0 Å². The highest BCUT2D eigenvalue weighted by Gasteiger charge is 2.60. The van der Waals surface area contributed by atoms with Crippen LogP contribution in [0.1, 0.15) is 37.8 Å². The normalized spacial score (nSPS) is 38.1. The third-order valence-corrected chi connectivity index (χ3v) is 8.90. The lowest BCUT2D eigenvalue weighted by molar-refractivity contribution is -0.145. The fraction of sp³-hybridized carbons (Fsp3) is 0.760. The molecule has 36 heavy (non-hydrogen) atoms. The van der Waals surface area contributed by atoms with Gasteiger partial charge in [0.15, 0.2) is 0 Å². The van der Waals surface area contributed by atoms with Crippen molar-refractivity contribution in [1.82, 2.24) is 15.2 Å². The molecule has 0 radical (unpaired) electrons. The molecule has 0 aromatic carbocycles. The second-order valence-corrected chi connectivity index (χ2v) is 10.8. The topological polar surface area (TPSA) is 76.2 Å². The highest BCUT2D eigenvalue weighted by molar-refractivity contribution is 5.85. The van der Waals surface area contributed by atoms with Gasteiger partial charge in [-0.15, -0.1) is 0 Å². The molecule has 5 aliphatic rings. The monoisotopic (exact) mass is 510 g/mol. The van der Waals surface area contributed by atoms with E-state index in [1.807, 2.05) is 9.80 Å². The first-order valence-electron chi connectivity index (χ1n) is 12.9. The molecule has 1 aromatic heterocycles. The summed E-state index contributed by atoms with van der Waals surface area (Å²) in [6, 6.07) is 4.34. The van der Waals surface area contributed by atoms with Gasteiger partial charge in [-0.1, -0.05) is 6.07 Å². The minimum Gasteiger partial charge on any atom is -0.379 e. The summed E-state index contributed by atoms with van der Waals surface area (Å²) in [5.74, 6) is 0.479. The number of carbonyl (C=O) groups is 1. The van der Waals surface area contributed by atoms with Crippen molar-refractivity contribution in [3.05, 3.63) is 23.9 Å². The van der Waals surface area contributed by atoms with Gasteiger partial charge >= 0.3 is 6.18 Å². The first-order chi connectivity index (χ1) is 17.3. The number of nitrogens with one attached hydrogen (secondary N) is 1. The number of hydrogen-bond acceptors (Lipinski definition) is 7. The molecular weight excluding hydrogens is 477 g/mol. The summed E-state index contributed by atoms with van der Waals surface area (Å²) in [7, 11) is 1.70. The lowest BCUT2D eigenvalue weighted by atomic mass is 9.80. The Labute approximate surface area is 208 Å². The van der Waals surface area contributed by atoms with Crippen molar-refractivity contribution in [2.24, 2.45) is 5.41 Å². The van der Waals surface area contributed by atoms with E-state index in [1.165, 1.54) is 6.07 Å². The lowest BCUT2D eigenvalue weighted by Gasteiger charge is -2.40. The zero-order valence-electron chi connectivity index (χ0n) is 20.4. The molecule has 4 aliphatic heterocycles. The van der Waals surface area contributed by atoms with Gasteiger partial charge < -0.3 is 29.3 Å². The van der Waals surface area contributed by atoms with Gasteiger partial charge in [-0.25, -0.2) is 4.98 Å². The van der Waals surface area contributed by atoms with Crippen LogP contribution in [0.5, 0.6) is 0 Å². The van der Waals surface area contributed by atoms with E-state index in [9.17, 15) is 18.0 Å². The highest BCUT2D eigenvalue weighted by atomic mass is 19.4. The smallest absolute Gasteiger partial charge is 0.379 e. The largest absolute Gasteiger partial charge is 0.433 e. The van der Waals surface area contributed by atoms with Crippen molar-refractivity contribution < 1.29 is 32.2 Å². The quantitative estimate of drug-likeness (QED) is 0.651. The van der Waals surface area contributed by atoms with Crippen molar-refractivity contribution in [2.45, 2.75) is 74.7 Å². The maximum absolute atomic E-state index is 14.0. The van der Waals surface area contributed by atoms with Gasteiger partial charge in [-0.3, -0.25) is 4.79 Å². The number of methoxy groups -OCH3 is 1. The van der Waals surface area contributed by atoms with E-state index in [1.54, 1.807) is 13.2 Å². The molecule has 1 N–H and O–H groups in total. The van der Waals surface area contributed by atoms with Crippen LogP contribution in [0.2, 0.25) is 0 Å². The molecule has 4 saturated heterocycles. The standard InChI is InChI=1S/C25H33F3N4O4/c1-34-19-14-35-7-5-18(19)29-15-9-21-24(11-15,6-8-36-21)23(33)32-13-16-10-17(32)12-31(16)22-4-2-3-20(30-22)25(26,27)28/h2-4,15-19,21,29H,5-14H2,1H3/t15-,16+,17+,18+,19-,21?,24-/m1/s1. The van der Waals surface area contributed by atoms with Crippen LogP contribution in [0.3, 0.4) is 0 Å². The predicted molar refractivity (Wildman–Crippen MR) is 123 cm³/mol. The number of nitrogens with zero attached hydrogens (tertiary/aromatic N) is 3. The summed E-state index contributed by atoms with van der Waals surface area (Å²) in [5.41, 5.74) is -1.42. The van der Waals surface area contributed by atoms with Gasteiger partial charge in [0.05, 0.1) is 36.3 Å². The summed E-state index contributed by atoms with van der Waals surface area (Å²) >= 11 is 0. The molecule has 5 heterocycles. The zero-order valence-corrected chi connectivity index (χ0v) is 20.4. The van der Waals surface area contributed by atoms with Crippen LogP contribution in [-0.2, 0) is 25.2 Å². The van der Waals surface area contributed by atoms with Crippen LogP contribution in [0.15, 0.2) is 18.2 Å². The first-order valence-corrected chi connectivity index (χ1v) is 12.9. The Hall–Kier alpha value is -1.95. The number of hydrogen-bond donors (Lipinski definition) is 1. The Balaban J connectivity index is 1.13. The second-order valence-electron chi connectivity index (χ2n) is 10.8. The van der Waals surface area contributed by atoms with Gasteiger partial charge in [0.2, 0.25) is 5.91 Å². The summed E-state index contributed by atoms with van der Waals surface area (Å²) in [4.78, 5) is 21.8. The van der Waals surface area contributed by atoms with Gasteiger partial charge in [-0.2, -0.15) is 13.2 Å². The fourth-order valence-electron chi connectivity index (χ4n) is 7.13. The van der Waals surface area contributed by atoms with Crippen LogP contribution in [-0.4, -0.2) is 92.2 Å². The number of carbonyl (C=O) groups excluding carboxylic acids is 1. The number of pyridine rings is 1. The molecule has 8 nitrogen and oxygen atoms in total. The zero-order chi connectivity index (χ0) is 25.1. The molecule has 11 heteroatoms. The number of aromatic nitrogens is 1. The van der Waals surface area contributed by atoms with E-state index in [0.29, 0.717) is 45.1 Å². The number of likely N-dealkylation sites (tertiary alicyclic amines) is 1. The minimum absolute atomic E-state index is 0.00322. The SMILES string of the molecule is CO[C@@H]1COCC[C@@H]1N[C@@H]1CC2OCC[C@@]2(C(=O)N2C[C@@H]3C[C@H]2CN3c2cccc(C(F)(F)F)n2)C1. The number of fused-ring (bicyclic) bond motifs is 3. The molecule has 1 aromatic rings. The molecule has 1 saturated carbocycles. The lowest BCUT2D eigenvalue weighted by Crippen LogP contribution is -2.55. The van der Waals surface area contributed by atoms with Gasteiger partial charge in [0, 0.05) is 45.5 Å². The minimum atomic E-state index is -4.48. The Kier molecular flexibility index (Phi) is 6.17. The van der Waals surface area contributed by atoms with E-state index in [4.69, 9.17) is 14.2 Å². The Morgan fingerprint density at radius 1 is 1.22 bits per heavy atom. The number of rotatable bonds is 5. The molecule has 1 amide bonds. The van der Waals surface area contributed by atoms with Gasteiger partial charge in [-0.05, 0) is 44.2 Å². The summed E-state index contributed by atoms with van der Waals surface area (Å²) in [5, 5.41) is 3.73. The van der Waals surface area contributed by atoms with E-state index < -0.39 is 17.3 Å². The summed E-state index contributed by atoms with van der Waals surface area (Å²) in [6.07, 6.45) is -0.725. The van der Waals surface area contributed by atoms with E-state index in [-0.39, 0.29) is 42.3 Å². The molecule has 7 atom stereocenters. The maximum Gasteiger partial charge on any atom is 0.433 e. The van der Waals surface area contributed by atoms with E-state index in [0.717, 1.165) is 31.7 Å². The molecule has 1 unspecified atom stereocenters. The molecule has 1 aliphatic carbocycles. The Morgan fingerprint density at radius 3 is 2.83 bits per heavy atom. The van der Waals surface area contributed by atoms with Crippen LogP contribution in [0, 0.1) is 5.41 Å². The first kappa shape index (κ1) is 24.4. The number of ether oxygens (including phenoxy) is 3. The molecule has 6 rings (SSSR count). The van der Waals surface area contributed by atoms with Gasteiger partial charge in [0.25, 0.3) is 0 Å². The number of alkyl halides is 3. The fourth-order valence-corrected chi connectivity index (χ4v) is 7.13. The molecule has 0 spiro atoms. The highest BCUT2D eigenvalue weighted by Crippen LogP contribution is 2.50. The predicted octanol–water partition coefficient (Wildman–Crippen LogP) is 2.22. The third-order valence-electron chi connectivity index (χ3n) is 8.90. The average Bonchev–Trinajstić information content (AvgIpc) is 3.63. The molecule has 198 valence electrons. The molecule has 2 bridgehead atoms. The maximum atomic E-state index is 14.0. The van der Waals surface area contributed by atoms with Crippen LogP contribution in [0.25, 0.3) is 0 Å². The van der Waals surface area contributed by atoms with Crippen molar-refractivity contribution in [3.63, 3.8) is 0 Å². The van der Waals surface area contributed by atoms with Crippen molar-refractivity contribution >= 4 is 11.7 Å².